The zero-order valence-electron chi connectivity index (χ0n) is 15.1. The standard InChI is InChI=1S/C21H22O6/c1-3-20(23)26-13-5-4-12-25-18-9-6-16(7-10-18)21(24)27-19-11-8-17(22)14-15(19)2/h3,6-11,14,22H,1,4-5,12-13H2,2H3. The van der Waals surface area contributed by atoms with Gasteiger partial charge in [0.25, 0.3) is 0 Å². The van der Waals surface area contributed by atoms with Crippen LogP contribution in [-0.2, 0) is 9.53 Å². The summed E-state index contributed by atoms with van der Waals surface area (Å²) in [6.45, 7) is 5.87. The smallest absolute Gasteiger partial charge is 0.343 e. The van der Waals surface area contributed by atoms with Crippen LogP contribution in [0.2, 0.25) is 0 Å². The quantitative estimate of drug-likeness (QED) is 0.313. The minimum Gasteiger partial charge on any atom is -0.508 e. The Morgan fingerprint density at radius 3 is 2.44 bits per heavy atom. The van der Waals surface area contributed by atoms with E-state index in [9.17, 15) is 14.7 Å². The molecule has 0 amide bonds. The molecule has 0 atom stereocenters. The number of unbranched alkanes of at least 4 members (excludes halogenated alkanes) is 1. The maximum absolute atomic E-state index is 12.2. The van der Waals surface area contributed by atoms with Gasteiger partial charge in [-0.2, -0.15) is 0 Å². The van der Waals surface area contributed by atoms with E-state index >= 15 is 0 Å². The molecule has 2 aromatic rings. The van der Waals surface area contributed by atoms with Crippen LogP contribution in [0.4, 0.5) is 0 Å². The van der Waals surface area contributed by atoms with Crippen molar-refractivity contribution in [1.82, 2.24) is 0 Å². The minimum atomic E-state index is -0.487. The molecule has 0 unspecified atom stereocenters. The fourth-order valence-corrected chi connectivity index (χ4v) is 2.22. The van der Waals surface area contributed by atoms with E-state index in [1.807, 2.05) is 0 Å². The van der Waals surface area contributed by atoms with Gasteiger partial charge < -0.3 is 19.3 Å². The summed E-state index contributed by atoms with van der Waals surface area (Å²) in [7, 11) is 0. The normalized spacial score (nSPS) is 10.1. The second-order valence-corrected chi connectivity index (χ2v) is 5.79. The van der Waals surface area contributed by atoms with Gasteiger partial charge in [-0.3, -0.25) is 0 Å². The lowest BCUT2D eigenvalue weighted by atomic mass is 10.2. The van der Waals surface area contributed by atoms with Crippen molar-refractivity contribution in [3.63, 3.8) is 0 Å². The van der Waals surface area contributed by atoms with Gasteiger partial charge in [0.05, 0.1) is 18.8 Å². The van der Waals surface area contributed by atoms with E-state index in [4.69, 9.17) is 14.2 Å². The first-order chi connectivity index (χ1) is 13.0. The van der Waals surface area contributed by atoms with Crippen LogP contribution in [0.5, 0.6) is 17.2 Å². The van der Waals surface area contributed by atoms with Gasteiger partial charge in [-0.1, -0.05) is 6.58 Å². The Morgan fingerprint density at radius 1 is 1.07 bits per heavy atom. The Morgan fingerprint density at radius 2 is 1.78 bits per heavy atom. The van der Waals surface area contributed by atoms with Gasteiger partial charge in [0.1, 0.15) is 17.2 Å². The number of phenolic OH excluding ortho intramolecular Hbond substituents is 1. The van der Waals surface area contributed by atoms with Crippen LogP contribution < -0.4 is 9.47 Å². The second kappa shape index (κ2) is 10.0. The maximum Gasteiger partial charge on any atom is 0.343 e. The number of ether oxygens (including phenoxy) is 3. The van der Waals surface area contributed by atoms with Crippen molar-refractivity contribution in [2.45, 2.75) is 19.8 Å². The molecule has 0 heterocycles. The molecular formula is C21H22O6. The van der Waals surface area contributed by atoms with Crippen molar-refractivity contribution < 1.29 is 28.9 Å². The SMILES string of the molecule is C=CC(=O)OCCCCOc1ccc(C(=O)Oc2ccc(O)cc2C)cc1. The molecule has 0 saturated heterocycles. The summed E-state index contributed by atoms with van der Waals surface area (Å²) in [4.78, 5) is 23.1. The number of rotatable bonds is 9. The monoisotopic (exact) mass is 370 g/mol. The van der Waals surface area contributed by atoms with Crippen LogP contribution in [0.3, 0.4) is 0 Å². The topological polar surface area (TPSA) is 82.1 Å². The fourth-order valence-electron chi connectivity index (χ4n) is 2.22. The minimum absolute atomic E-state index is 0.118. The molecule has 142 valence electrons. The Balaban J connectivity index is 1.78. The van der Waals surface area contributed by atoms with E-state index in [1.165, 1.54) is 12.1 Å². The van der Waals surface area contributed by atoms with Crippen molar-refractivity contribution in [2.24, 2.45) is 0 Å². The van der Waals surface area contributed by atoms with Gasteiger partial charge in [-0.15, -0.1) is 0 Å². The molecule has 0 spiro atoms. The van der Waals surface area contributed by atoms with E-state index < -0.39 is 11.9 Å². The summed E-state index contributed by atoms with van der Waals surface area (Å²) in [5.41, 5.74) is 1.06. The molecular weight excluding hydrogens is 348 g/mol. The van der Waals surface area contributed by atoms with Gasteiger partial charge >= 0.3 is 11.9 Å². The molecule has 0 bridgehead atoms. The lowest BCUT2D eigenvalue weighted by Gasteiger charge is -2.09. The molecule has 1 N–H and O–H groups in total. The number of phenols is 1. The molecule has 0 fully saturated rings. The number of benzene rings is 2. The molecule has 0 aliphatic rings. The summed E-state index contributed by atoms with van der Waals surface area (Å²) < 4.78 is 15.8. The molecule has 2 aromatic carbocycles. The summed E-state index contributed by atoms with van der Waals surface area (Å²) in [5, 5.41) is 9.39. The van der Waals surface area contributed by atoms with E-state index in [-0.39, 0.29) is 5.75 Å². The predicted octanol–water partition coefficient (Wildman–Crippen LogP) is 3.81. The second-order valence-electron chi connectivity index (χ2n) is 5.79. The van der Waals surface area contributed by atoms with Gasteiger partial charge in [0, 0.05) is 6.08 Å². The third-order valence-electron chi connectivity index (χ3n) is 3.67. The van der Waals surface area contributed by atoms with Crippen LogP contribution in [0.1, 0.15) is 28.8 Å². The number of esters is 2. The lowest BCUT2D eigenvalue weighted by molar-refractivity contribution is -0.137. The van der Waals surface area contributed by atoms with Gasteiger partial charge in [-0.25, -0.2) is 9.59 Å². The summed E-state index contributed by atoms with van der Waals surface area (Å²) in [5.74, 6) is 0.235. The fraction of sp³-hybridized carbons (Fsp3) is 0.238. The van der Waals surface area contributed by atoms with Crippen LogP contribution in [0, 0.1) is 6.92 Å². The largest absolute Gasteiger partial charge is 0.508 e. The number of carbonyl (C=O) groups is 2. The van der Waals surface area contributed by atoms with Gasteiger partial charge in [0.15, 0.2) is 0 Å². The molecule has 27 heavy (non-hydrogen) atoms. The first-order valence-electron chi connectivity index (χ1n) is 8.53. The zero-order chi connectivity index (χ0) is 19.6. The van der Waals surface area contributed by atoms with E-state index in [2.05, 4.69) is 6.58 Å². The molecule has 0 aliphatic heterocycles. The highest BCUT2D eigenvalue weighted by Crippen LogP contribution is 2.23. The lowest BCUT2D eigenvalue weighted by Crippen LogP contribution is -2.09. The van der Waals surface area contributed by atoms with Crippen LogP contribution in [0.25, 0.3) is 0 Å². The van der Waals surface area contributed by atoms with E-state index in [0.717, 1.165) is 12.5 Å². The first kappa shape index (κ1) is 20.0. The Bertz CT molecular complexity index is 795. The number of aromatic hydroxyl groups is 1. The van der Waals surface area contributed by atoms with Crippen molar-refractivity contribution in [1.29, 1.82) is 0 Å². The summed E-state index contributed by atoms with van der Waals surface area (Å²) >= 11 is 0. The van der Waals surface area contributed by atoms with Crippen molar-refractivity contribution in [3.8, 4) is 17.2 Å². The highest BCUT2D eigenvalue weighted by molar-refractivity contribution is 5.91. The van der Waals surface area contributed by atoms with Crippen molar-refractivity contribution in [3.05, 3.63) is 66.2 Å². The summed E-state index contributed by atoms with van der Waals surface area (Å²) in [6.07, 6.45) is 2.55. The highest BCUT2D eigenvalue weighted by atomic mass is 16.5. The predicted molar refractivity (Wildman–Crippen MR) is 100 cm³/mol. The molecule has 0 aromatic heterocycles. The number of carbonyl (C=O) groups excluding carboxylic acids is 2. The average Bonchev–Trinajstić information content (AvgIpc) is 2.67. The zero-order valence-corrected chi connectivity index (χ0v) is 15.1. The Labute approximate surface area is 158 Å². The Hall–Kier alpha value is -3.28. The van der Waals surface area contributed by atoms with Crippen molar-refractivity contribution in [2.75, 3.05) is 13.2 Å². The molecule has 6 heteroatoms. The van der Waals surface area contributed by atoms with E-state index in [0.29, 0.717) is 42.3 Å². The molecule has 0 aliphatic carbocycles. The Kier molecular flexibility index (Phi) is 7.43. The molecule has 6 nitrogen and oxygen atoms in total. The molecule has 0 radical (unpaired) electrons. The van der Waals surface area contributed by atoms with Gasteiger partial charge in [-0.05, 0) is 67.8 Å². The molecule has 0 saturated carbocycles. The first-order valence-corrected chi connectivity index (χ1v) is 8.53. The number of hydrogen-bond acceptors (Lipinski definition) is 6. The van der Waals surface area contributed by atoms with Crippen LogP contribution >= 0.6 is 0 Å². The summed E-state index contributed by atoms with van der Waals surface area (Å²) in [6, 6.07) is 11.2. The maximum atomic E-state index is 12.2. The molecule has 2 rings (SSSR count). The van der Waals surface area contributed by atoms with Crippen LogP contribution in [-0.4, -0.2) is 30.3 Å². The van der Waals surface area contributed by atoms with Crippen molar-refractivity contribution >= 4 is 11.9 Å². The third-order valence-corrected chi connectivity index (χ3v) is 3.67. The average molecular weight is 370 g/mol. The number of hydrogen-bond donors (Lipinski definition) is 1. The van der Waals surface area contributed by atoms with Crippen LogP contribution in [0.15, 0.2) is 55.1 Å². The third kappa shape index (κ3) is 6.51. The number of aryl methyl sites for hydroxylation is 1. The van der Waals surface area contributed by atoms with Gasteiger partial charge in [0.2, 0.25) is 0 Å². The highest BCUT2D eigenvalue weighted by Gasteiger charge is 2.11. The van der Waals surface area contributed by atoms with E-state index in [1.54, 1.807) is 37.3 Å².